The van der Waals surface area contributed by atoms with Gasteiger partial charge in [0.1, 0.15) is 11.3 Å². The third-order valence-electron chi connectivity index (χ3n) is 5.00. The molecule has 0 amide bonds. The average Bonchev–Trinajstić information content (AvgIpc) is 3.00. The maximum Gasteiger partial charge on any atom is 0.145 e. The second-order valence-corrected chi connectivity index (χ2v) is 7.28. The van der Waals surface area contributed by atoms with Crippen LogP contribution in [0.3, 0.4) is 0 Å². The third kappa shape index (κ3) is 3.43. The van der Waals surface area contributed by atoms with Gasteiger partial charge in [-0.1, -0.05) is 36.4 Å². The van der Waals surface area contributed by atoms with Gasteiger partial charge in [0.15, 0.2) is 0 Å². The molecule has 0 aliphatic carbocycles. The summed E-state index contributed by atoms with van der Waals surface area (Å²) in [5.74, 6) is 0.828. The quantitative estimate of drug-likeness (QED) is 0.701. The molecule has 2 aromatic carbocycles. The minimum atomic E-state index is 0.810. The lowest BCUT2D eigenvalue weighted by Gasteiger charge is -2.17. The molecule has 0 N–H and O–H groups in total. The lowest BCUT2D eigenvalue weighted by atomic mass is 10.1. The highest BCUT2D eigenvalue weighted by Crippen LogP contribution is 2.25. The summed E-state index contributed by atoms with van der Waals surface area (Å²) in [5.41, 5.74) is 6.28. The van der Waals surface area contributed by atoms with E-state index in [2.05, 4.69) is 60.3 Å². The summed E-state index contributed by atoms with van der Waals surface area (Å²) in [5, 5.41) is 1.11. The molecule has 2 heterocycles. The number of nitrogens with zero attached hydrogens (tertiary/aromatic N) is 3. The number of fused-ring (bicyclic) bond motifs is 2. The molecule has 26 heavy (non-hydrogen) atoms. The molecule has 4 rings (SSSR count). The van der Waals surface area contributed by atoms with Crippen molar-refractivity contribution in [3.63, 3.8) is 0 Å². The lowest BCUT2D eigenvalue weighted by Crippen LogP contribution is -2.18. The monoisotopic (exact) mass is 347 g/mol. The molecule has 0 spiro atoms. The van der Waals surface area contributed by atoms with Gasteiger partial charge in [0.05, 0.1) is 12.8 Å². The number of hydrogen-bond acceptors (Lipinski definition) is 4. The van der Waals surface area contributed by atoms with Crippen LogP contribution in [-0.4, -0.2) is 36.0 Å². The van der Waals surface area contributed by atoms with Crippen molar-refractivity contribution in [3.8, 4) is 5.75 Å². The van der Waals surface area contributed by atoms with Crippen LogP contribution in [0.2, 0.25) is 0 Å². The first-order chi connectivity index (χ1) is 12.6. The van der Waals surface area contributed by atoms with Crippen molar-refractivity contribution in [3.05, 3.63) is 70.9 Å². The van der Waals surface area contributed by atoms with Crippen molar-refractivity contribution in [1.82, 2.24) is 14.8 Å². The zero-order valence-electron chi connectivity index (χ0n) is 15.7. The van der Waals surface area contributed by atoms with E-state index in [4.69, 9.17) is 9.72 Å². The van der Waals surface area contributed by atoms with Gasteiger partial charge in [0.2, 0.25) is 0 Å². The highest BCUT2D eigenvalue weighted by molar-refractivity contribution is 5.84. The number of benzene rings is 2. The molecule has 0 fully saturated rings. The van der Waals surface area contributed by atoms with Crippen molar-refractivity contribution in [1.29, 1.82) is 0 Å². The second kappa shape index (κ2) is 7.06. The molecule has 0 radical (unpaired) electrons. The fourth-order valence-electron chi connectivity index (χ4n) is 3.77. The molecule has 0 unspecified atom stereocenters. The first-order valence-corrected chi connectivity index (χ1v) is 9.03. The summed E-state index contributed by atoms with van der Waals surface area (Å²) >= 11 is 0. The van der Waals surface area contributed by atoms with E-state index < -0.39 is 0 Å². The SMILES string of the molecule is COc1cccc2ccc(CN(C)Cc3ccc4c(c3)CN(C)C4)nc12. The number of rotatable bonds is 5. The van der Waals surface area contributed by atoms with Crippen LogP contribution in [0.5, 0.6) is 5.75 Å². The normalized spacial score (nSPS) is 14.2. The van der Waals surface area contributed by atoms with E-state index in [0.717, 1.165) is 48.5 Å². The Hall–Kier alpha value is -2.43. The van der Waals surface area contributed by atoms with Gasteiger partial charge >= 0.3 is 0 Å². The lowest BCUT2D eigenvalue weighted by molar-refractivity contribution is 0.315. The van der Waals surface area contributed by atoms with Gasteiger partial charge in [-0.15, -0.1) is 0 Å². The zero-order chi connectivity index (χ0) is 18.1. The van der Waals surface area contributed by atoms with Crippen LogP contribution in [0, 0.1) is 0 Å². The van der Waals surface area contributed by atoms with Crippen LogP contribution >= 0.6 is 0 Å². The van der Waals surface area contributed by atoms with Crippen LogP contribution in [0.25, 0.3) is 10.9 Å². The minimum absolute atomic E-state index is 0.810. The summed E-state index contributed by atoms with van der Waals surface area (Å²) in [4.78, 5) is 9.48. The molecular weight excluding hydrogens is 322 g/mol. The first-order valence-electron chi connectivity index (χ1n) is 9.03. The summed E-state index contributed by atoms with van der Waals surface area (Å²) in [6, 6.07) is 17.2. The molecule has 1 aliphatic rings. The summed E-state index contributed by atoms with van der Waals surface area (Å²) in [7, 11) is 6.01. The Bertz CT molecular complexity index is 938. The van der Waals surface area contributed by atoms with Gasteiger partial charge in [-0.25, -0.2) is 4.98 Å². The maximum absolute atomic E-state index is 5.45. The van der Waals surface area contributed by atoms with Crippen LogP contribution < -0.4 is 4.74 Å². The van der Waals surface area contributed by atoms with Crippen LogP contribution in [-0.2, 0) is 26.2 Å². The molecule has 0 atom stereocenters. The van der Waals surface area contributed by atoms with Crippen LogP contribution in [0.15, 0.2) is 48.5 Å². The van der Waals surface area contributed by atoms with E-state index in [1.165, 1.54) is 16.7 Å². The van der Waals surface area contributed by atoms with E-state index in [1.807, 2.05) is 12.1 Å². The van der Waals surface area contributed by atoms with Crippen LogP contribution in [0.1, 0.15) is 22.4 Å². The predicted octanol–water partition coefficient (Wildman–Crippen LogP) is 3.82. The maximum atomic E-state index is 5.45. The standard InChI is InChI=1S/C22H25N3O/c1-24(12-16-7-8-18-13-25(2)14-19(18)11-16)15-20-10-9-17-5-4-6-21(26-3)22(17)23-20/h4-11H,12-15H2,1-3H3. The van der Waals surface area contributed by atoms with E-state index in [9.17, 15) is 0 Å². The van der Waals surface area contributed by atoms with Crippen molar-refractivity contribution in [2.75, 3.05) is 21.2 Å². The van der Waals surface area contributed by atoms with E-state index >= 15 is 0 Å². The molecule has 0 saturated carbocycles. The van der Waals surface area contributed by atoms with Gasteiger partial charge in [-0.2, -0.15) is 0 Å². The fraction of sp³-hybridized carbons (Fsp3) is 0.318. The number of aromatic nitrogens is 1. The number of ether oxygens (including phenoxy) is 1. The fourth-order valence-corrected chi connectivity index (χ4v) is 3.77. The highest BCUT2D eigenvalue weighted by Gasteiger charge is 2.16. The average molecular weight is 347 g/mol. The zero-order valence-corrected chi connectivity index (χ0v) is 15.7. The molecule has 0 saturated heterocycles. The molecular formula is C22H25N3O. The van der Waals surface area contributed by atoms with Crippen molar-refractivity contribution < 1.29 is 4.74 Å². The molecule has 134 valence electrons. The van der Waals surface area contributed by atoms with Crippen LogP contribution in [0.4, 0.5) is 0 Å². The van der Waals surface area contributed by atoms with E-state index in [0.29, 0.717) is 0 Å². The van der Waals surface area contributed by atoms with E-state index in [1.54, 1.807) is 7.11 Å². The van der Waals surface area contributed by atoms with Crippen molar-refractivity contribution >= 4 is 10.9 Å². The molecule has 4 heteroatoms. The smallest absolute Gasteiger partial charge is 0.145 e. The highest BCUT2D eigenvalue weighted by atomic mass is 16.5. The largest absolute Gasteiger partial charge is 0.494 e. The number of methoxy groups -OCH3 is 1. The number of pyridine rings is 1. The minimum Gasteiger partial charge on any atom is -0.494 e. The number of para-hydroxylation sites is 1. The Labute approximate surface area is 155 Å². The van der Waals surface area contributed by atoms with Crippen molar-refractivity contribution in [2.45, 2.75) is 26.2 Å². The van der Waals surface area contributed by atoms with E-state index in [-0.39, 0.29) is 0 Å². The Balaban J connectivity index is 1.49. The van der Waals surface area contributed by atoms with Gasteiger partial charge in [-0.3, -0.25) is 9.80 Å². The first kappa shape index (κ1) is 17.0. The Kier molecular flexibility index (Phi) is 4.62. The topological polar surface area (TPSA) is 28.6 Å². The summed E-state index contributed by atoms with van der Waals surface area (Å²) in [6.07, 6.45) is 0. The number of hydrogen-bond donors (Lipinski definition) is 0. The van der Waals surface area contributed by atoms with Gasteiger partial charge in [-0.05, 0) is 42.9 Å². The molecule has 4 nitrogen and oxygen atoms in total. The van der Waals surface area contributed by atoms with Crippen molar-refractivity contribution in [2.24, 2.45) is 0 Å². The predicted molar refractivity (Wildman–Crippen MR) is 105 cm³/mol. The Morgan fingerprint density at radius 3 is 2.73 bits per heavy atom. The summed E-state index contributed by atoms with van der Waals surface area (Å²) < 4.78 is 5.45. The Morgan fingerprint density at radius 1 is 1.04 bits per heavy atom. The van der Waals surface area contributed by atoms with Gasteiger partial charge in [0, 0.05) is 31.6 Å². The summed E-state index contributed by atoms with van der Waals surface area (Å²) in [6.45, 7) is 3.85. The van der Waals surface area contributed by atoms with Gasteiger partial charge in [0.25, 0.3) is 0 Å². The third-order valence-corrected chi connectivity index (χ3v) is 5.00. The second-order valence-electron chi connectivity index (χ2n) is 7.28. The molecule has 1 aromatic heterocycles. The van der Waals surface area contributed by atoms with Gasteiger partial charge < -0.3 is 4.74 Å². The molecule has 0 bridgehead atoms. The Morgan fingerprint density at radius 2 is 1.88 bits per heavy atom. The molecule has 1 aliphatic heterocycles. The molecule has 3 aromatic rings.